The summed E-state index contributed by atoms with van der Waals surface area (Å²) in [5.41, 5.74) is 5.91. The van der Waals surface area contributed by atoms with Crippen LogP contribution in [0.1, 0.15) is 64.7 Å². The van der Waals surface area contributed by atoms with E-state index in [4.69, 9.17) is 10.5 Å². The molecule has 2 fully saturated rings. The van der Waals surface area contributed by atoms with Crippen LogP contribution in [0.4, 0.5) is 0 Å². The molecule has 2 aliphatic rings. The van der Waals surface area contributed by atoms with Crippen molar-refractivity contribution in [2.45, 2.75) is 83.0 Å². The number of hydrogen-bond acceptors (Lipinski definition) is 2. The van der Waals surface area contributed by atoms with Gasteiger partial charge < -0.3 is 10.5 Å². The van der Waals surface area contributed by atoms with E-state index in [-0.39, 0.29) is 0 Å². The molecule has 0 aromatic carbocycles. The zero-order chi connectivity index (χ0) is 11.4. The molecule has 0 spiro atoms. The van der Waals surface area contributed by atoms with Crippen molar-refractivity contribution in [1.29, 1.82) is 0 Å². The standard InChI is InChI=1S/C14H27NO/c1-2-11-3-7-13(8-4-11)16-14-9-5-12(15)6-10-14/h11-14H,2-10,15H2,1H3. The van der Waals surface area contributed by atoms with Gasteiger partial charge in [-0.15, -0.1) is 0 Å². The Labute approximate surface area is 99.9 Å². The number of nitrogens with two attached hydrogens (primary N) is 1. The molecule has 0 aromatic rings. The summed E-state index contributed by atoms with van der Waals surface area (Å²) in [6.07, 6.45) is 12.5. The van der Waals surface area contributed by atoms with E-state index >= 15 is 0 Å². The molecule has 2 rings (SSSR count). The van der Waals surface area contributed by atoms with E-state index in [0.29, 0.717) is 18.2 Å². The van der Waals surface area contributed by atoms with Gasteiger partial charge in [-0.25, -0.2) is 0 Å². The smallest absolute Gasteiger partial charge is 0.0580 e. The molecule has 0 unspecified atom stereocenters. The predicted octanol–water partition coefficient (Wildman–Crippen LogP) is 3.24. The predicted molar refractivity (Wildman–Crippen MR) is 67.4 cm³/mol. The Kier molecular flexibility index (Phi) is 4.66. The molecular weight excluding hydrogens is 198 g/mol. The topological polar surface area (TPSA) is 35.2 Å². The average molecular weight is 225 g/mol. The van der Waals surface area contributed by atoms with Crippen LogP contribution in [0, 0.1) is 5.92 Å². The van der Waals surface area contributed by atoms with Crippen LogP contribution in [0.25, 0.3) is 0 Å². The van der Waals surface area contributed by atoms with Crippen molar-refractivity contribution in [3.63, 3.8) is 0 Å². The fraction of sp³-hybridized carbons (Fsp3) is 1.00. The molecule has 0 aromatic heterocycles. The number of hydrogen-bond donors (Lipinski definition) is 1. The van der Waals surface area contributed by atoms with E-state index in [1.54, 1.807) is 0 Å². The zero-order valence-corrected chi connectivity index (χ0v) is 10.7. The highest BCUT2D eigenvalue weighted by atomic mass is 16.5. The lowest BCUT2D eigenvalue weighted by Crippen LogP contribution is -2.33. The summed E-state index contributed by atoms with van der Waals surface area (Å²) >= 11 is 0. The molecule has 0 heterocycles. The van der Waals surface area contributed by atoms with E-state index in [2.05, 4.69) is 6.92 Å². The zero-order valence-electron chi connectivity index (χ0n) is 10.7. The SMILES string of the molecule is CCC1CCC(OC2CCC(N)CC2)CC1. The Morgan fingerprint density at radius 2 is 1.38 bits per heavy atom. The molecule has 94 valence electrons. The maximum absolute atomic E-state index is 6.22. The normalized spacial score (nSPS) is 40.9. The summed E-state index contributed by atoms with van der Waals surface area (Å²) in [6, 6.07) is 0.440. The maximum atomic E-state index is 6.22. The van der Waals surface area contributed by atoms with Crippen molar-refractivity contribution in [2.24, 2.45) is 11.7 Å². The van der Waals surface area contributed by atoms with Gasteiger partial charge in [-0.05, 0) is 57.3 Å². The van der Waals surface area contributed by atoms with Crippen LogP contribution in [-0.4, -0.2) is 18.2 Å². The number of rotatable bonds is 3. The van der Waals surface area contributed by atoms with Gasteiger partial charge in [0.25, 0.3) is 0 Å². The molecule has 0 aliphatic heterocycles. The average Bonchev–Trinajstić information content (AvgIpc) is 2.33. The molecule has 0 saturated heterocycles. The third kappa shape index (κ3) is 3.46. The van der Waals surface area contributed by atoms with E-state index in [1.807, 2.05) is 0 Å². The van der Waals surface area contributed by atoms with Gasteiger partial charge in [-0.2, -0.15) is 0 Å². The van der Waals surface area contributed by atoms with Crippen LogP contribution in [-0.2, 0) is 4.74 Å². The van der Waals surface area contributed by atoms with Crippen molar-refractivity contribution >= 4 is 0 Å². The summed E-state index contributed by atoms with van der Waals surface area (Å²) in [7, 11) is 0. The van der Waals surface area contributed by atoms with E-state index in [1.165, 1.54) is 44.9 Å². The van der Waals surface area contributed by atoms with Gasteiger partial charge in [0.15, 0.2) is 0 Å². The van der Waals surface area contributed by atoms with Gasteiger partial charge in [0.1, 0.15) is 0 Å². The van der Waals surface area contributed by atoms with Gasteiger partial charge in [0.05, 0.1) is 12.2 Å². The summed E-state index contributed by atoms with van der Waals surface area (Å²) in [5.74, 6) is 0.972. The molecule has 2 heteroatoms. The van der Waals surface area contributed by atoms with Gasteiger partial charge in [-0.1, -0.05) is 13.3 Å². The fourth-order valence-corrected chi connectivity index (χ4v) is 3.17. The first-order chi connectivity index (χ1) is 7.78. The van der Waals surface area contributed by atoms with Crippen LogP contribution < -0.4 is 5.73 Å². The minimum atomic E-state index is 0.440. The first-order valence-corrected chi connectivity index (χ1v) is 7.19. The Morgan fingerprint density at radius 1 is 0.875 bits per heavy atom. The quantitative estimate of drug-likeness (QED) is 0.800. The second-order valence-electron chi connectivity index (χ2n) is 5.72. The third-order valence-corrected chi connectivity index (χ3v) is 4.47. The first kappa shape index (κ1) is 12.4. The summed E-state index contributed by atoms with van der Waals surface area (Å²) < 4.78 is 6.22. The summed E-state index contributed by atoms with van der Waals surface area (Å²) in [5, 5.41) is 0. The van der Waals surface area contributed by atoms with Gasteiger partial charge in [-0.3, -0.25) is 0 Å². The molecular formula is C14H27NO. The molecule has 2 aliphatic carbocycles. The van der Waals surface area contributed by atoms with E-state index < -0.39 is 0 Å². The molecule has 16 heavy (non-hydrogen) atoms. The highest BCUT2D eigenvalue weighted by Gasteiger charge is 2.25. The third-order valence-electron chi connectivity index (χ3n) is 4.47. The van der Waals surface area contributed by atoms with Crippen molar-refractivity contribution in [1.82, 2.24) is 0 Å². The molecule has 0 atom stereocenters. The Morgan fingerprint density at radius 3 is 1.88 bits per heavy atom. The lowest BCUT2D eigenvalue weighted by molar-refractivity contribution is -0.0527. The Hall–Kier alpha value is -0.0800. The van der Waals surface area contributed by atoms with Gasteiger partial charge >= 0.3 is 0 Å². The van der Waals surface area contributed by atoms with Crippen LogP contribution in [0.2, 0.25) is 0 Å². The molecule has 0 amide bonds. The Balaban J connectivity index is 1.66. The fourth-order valence-electron chi connectivity index (χ4n) is 3.17. The second kappa shape index (κ2) is 6.02. The van der Waals surface area contributed by atoms with Crippen LogP contribution in [0.3, 0.4) is 0 Å². The first-order valence-electron chi connectivity index (χ1n) is 7.19. The lowest BCUT2D eigenvalue weighted by Gasteiger charge is -2.33. The van der Waals surface area contributed by atoms with Gasteiger partial charge in [0, 0.05) is 6.04 Å². The van der Waals surface area contributed by atoms with Crippen molar-refractivity contribution < 1.29 is 4.74 Å². The van der Waals surface area contributed by atoms with E-state index in [9.17, 15) is 0 Å². The summed E-state index contributed by atoms with van der Waals surface area (Å²) in [4.78, 5) is 0. The van der Waals surface area contributed by atoms with Crippen LogP contribution in [0.5, 0.6) is 0 Å². The highest BCUT2D eigenvalue weighted by molar-refractivity contribution is 4.78. The van der Waals surface area contributed by atoms with Gasteiger partial charge in [0.2, 0.25) is 0 Å². The van der Waals surface area contributed by atoms with E-state index in [0.717, 1.165) is 18.8 Å². The molecule has 2 saturated carbocycles. The highest BCUT2D eigenvalue weighted by Crippen LogP contribution is 2.31. The lowest BCUT2D eigenvalue weighted by atomic mass is 9.85. The molecule has 2 nitrogen and oxygen atoms in total. The van der Waals surface area contributed by atoms with Crippen molar-refractivity contribution in [3.05, 3.63) is 0 Å². The maximum Gasteiger partial charge on any atom is 0.0580 e. The largest absolute Gasteiger partial charge is 0.375 e. The van der Waals surface area contributed by atoms with Crippen molar-refractivity contribution in [3.8, 4) is 0 Å². The minimum Gasteiger partial charge on any atom is -0.375 e. The Bertz CT molecular complexity index is 191. The van der Waals surface area contributed by atoms with Crippen LogP contribution >= 0.6 is 0 Å². The van der Waals surface area contributed by atoms with Crippen molar-refractivity contribution in [2.75, 3.05) is 0 Å². The molecule has 0 bridgehead atoms. The summed E-state index contributed by atoms with van der Waals surface area (Å²) in [6.45, 7) is 2.31. The minimum absolute atomic E-state index is 0.440. The molecule has 2 N–H and O–H groups in total. The molecule has 0 radical (unpaired) electrons. The monoisotopic (exact) mass is 225 g/mol. The second-order valence-corrected chi connectivity index (χ2v) is 5.72. The number of ether oxygens (including phenoxy) is 1. The van der Waals surface area contributed by atoms with Crippen LogP contribution in [0.15, 0.2) is 0 Å².